The maximum atomic E-state index is 13.1. The number of hydrogen-bond acceptors (Lipinski definition) is 6. The molecule has 2 aromatic rings. The predicted octanol–water partition coefficient (Wildman–Crippen LogP) is 2.68. The lowest BCUT2D eigenvalue weighted by atomic mass is 10.2. The number of hydrogen-bond donors (Lipinski definition) is 1. The molecule has 1 amide bonds. The first-order valence-electron chi connectivity index (χ1n) is 9.33. The predicted molar refractivity (Wildman–Crippen MR) is 111 cm³/mol. The van der Waals surface area contributed by atoms with E-state index in [2.05, 4.69) is 5.32 Å². The number of benzene rings is 2. The Morgan fingerprint density at radius 1 is 1.16 bits per heavy atom. The van der Waals surface area contributed by atoms with Gasteiger partial charge in [0.1, 0.15) is 5.82 Å². The van der Waals surface area contributed by atoms with E-state index in [0.717, 1.165) is 12.1 Å². The van der Waals surface area contributed by atoms with E-state index in [-0.39, 0.29) is 34.3 Å². The van der Waals surface area contributed by atoms with Gasteiger partial charge in [-0.2, -0.15) is 4.31 Å². The van der Waals surface area contributed by atoms with Crippen molar-refractivity contribution in [2.75, 3.05) is 31.6 Å². The number of nitrogens with one attached hydrogen (secondary N) is 1. The van der Waals surface area contributed by atoms with Gasteiger partial charge in [0.2, 0.25) is 10.0 Å². The topological polar surface area (TPSA) is 102 Å². The van der Waals surface area contributed by atoms with Gasteiger partial charge >= 0.3 is 5.97 Å². The fraction of sp³-hybridized carbons (Fsp3) is 0.300. The Kier molecular flexibility index (Phi) is 7.26. The second-order valence-electron chi connectivity index (χ2n) is 6.70. The Morgan fingerprint density at radius 2 is 1.81 bits per heavy atom. The molecule has 1 saturated heterocycles. The lowest BCUT2D eigenvalue weighted by molar-refractivity contribution is -0.123. The van der Waals surface area contributed by atoms with Crippen LogP contribution >= 0.6 is 11.6 Å². The molecular weight excluding hydrogens is 451 g/mol. The van der Waals surface area contributed by atoms with E-state index in [9.17, 15) is 22.4 Å². The molecule has 0 aromatic heterocycles. The number of carbonyl (C=O) groups is 2. The van der Waals surface area contributed by atoms with E-state index in [1.165, 1.54) is 41.6 Å². The van der Waals surface area contributed by atoms with Crippen LogP contribution in [-0.2, 0) is 24.3 Å². The van der Waals surface area contributed by atoms with Crippen molar-refractivity contribution in [3.05, 3.63) is 58.9 Å². The number of ether oxygens (including phenoxy) is 2. The van der Waals surface area contributed by atoms with E-state index in [1.807, 2.05) is 0 Å². The number of esters is 1. The highest BCUT2D eigenvalue weighted by molar-refractivity contribution is 7.89. The molecule has 0 saturated carbocycles. The molecule has 0 aliphatic carbocycles. The Labute approximate surface area is 183 Å². The van der Waals surface area contributed by atoms with Crippen molar-refractivity contribution in [3.8, 4) is 0 Å². The molecular formula is C20H20ClFN2O6S. The zero-order valence-corrected chi connectivity index (χ0v) is 18.1. The molecule has 3 rings (SSSR count). The number of halogens is 2. The van der Waals surface area contributed by atoms with Crippen LogP contribution in [0.5, 0.6) is 0 Å². The van der Waals surface area contributed by atoms with Crippen molar-refractivity contribution in [1.82, 2.24) is 4.31 Å². The smallest absolute Gasteiger partial charge is 0.338 e. The van der Waals surface area contributed by atoms with E-state index < -0.39 is 33.8 Å². The van der Waals surface area contributed by atoms with Crippen molar-refractivity contribution in [3.63, 3.8) is 0 Å². The summed E-state index contributed by atoms with van der Waals surface area (Å²) in [5.74, 6) is -2.02. The first-order valence-corrected chi connectivity index (χ1v) is 11.1. The molecule has 1 N–H and O–H groups in total. The summed E-state index contributed by atoms with van der Waals surface area (Å²) in [5.41, 5.74) is 0.258. The lowest BCUT2D eigenvalue weighted by Gasteiger charge is -2.26. The quantitative estimate of drug-likeness (QED) is 0.651. The van der Waals surface area contributed by atoms with E-state index in [4.69, 9.17) is 21.1 Å². The molecule has 0 spiro atoms. The molecule has 0 bridgehead atoms. The summed E-state index contributed by atoms with van der Waals surface area (Å²) >= 11 is 5.87. The lowest BCUT2D eigenvalue weighted by Crippen LogP contribution is -2.40. The number of morpholine rings is 1. The maximum Gasteiger partial charge on any atom is 0.338 e. The number of carbonyl (C=O) groups excluding carboxylic acids is 2. The van der Waals surface area contributed by atoms with Crippen LogP contribution in [0.1, 0.15) is 17.3 Å². The molecule has 11 heteroatoms. The minimum absolute atomic E-state index is 0.00365. The van der Waals surface area contributed by atoms with Crippen molar-refractivity contribution >= 4 is 39.2 Å². The molecule has 1 fully saturated rings. The highest BCUT2D eigenvalue weighted by atomic mass is 35.5. The fourth-order valence-corrected chi connectivity index (χ4v) is 4.43. The Morgan fingerprint density at radius 3 is 2.42 bits per heavy atom. The summed E-state index contributed by atoms with van der Waals surface area (Å²) < 4.78 is 50.0. The highest BCUT2D eigenvalue weighted by Crippen LogP contribution is 2.23. The molecule has 2 aromatic carbocycles. The first kappa shape index (κ1) is 23.1. The number of rotatable bonds is 6. The normalized spacial score (nSPS) is 15.8. The first-order chi connectivity index (χ1) is 14.7. The van der Waals surface area contributed by atoms with Gasteiger partial charge < -0.3 is 14.8 Å². The van der Waals surface area contributed by atoms with Gasteiger partial charge in [-0.25, -0.2) is 17.6 Å². The Bertz CT molecular complexity index is 1070. The molecule has 31 heavy (non-hydrogen) atoms. The van der Waals surface area contributed by atoms with Crippen molar-refractivity contribution in [2.24, 2.45) is 0 Å². The summed E-state index contributed by atoms with van der Waals surface area (Å²) in [4.78, 5) is 24.6. The molecule has 1 atom stereocenters. The summed E-state index contributed by atoms with van der Waals surface area (Å²) in [6.07, 6.45) is -1.18. The molecule has 8 nitrogen and oxygen atoms in total. The van der Waals surface area contributed by atoms with Crippen LogP contribution in [0.25, 0.3) is 0 Å². The van der Waals surface area contributed by atoms with Crippen LogP contribution in [0.15, 0.2) is 47.4 Å². The van der Waals surface area contributed by atoms with Crippen molar-refractivity contribution in [2.45, 2.75) is 17.9 Å². The van der Waals surface area contributed by atoms with Gasteiger partial charge in [0.15, 0.2) is 6.10 Å². The Hall–Kier alpha value is -2.53. The second-order valence-corrected chi connectivity index (χ2v) is 9.05. The second kappa shape index (κ2) is 9.73. The average Bonchev–Trinajstić information content (AvgIpc) is 2.76. The molecule has 1 aliphatic heterocycles. The summed E-state index contributed by atoms with van der Waals surface area (Å²) in [6, 6.07) is 8.71. The summed E-state index contributed by atoms with van der Waals surface area (Å²) in [5, 5.41) is 2.45. The van der Waals surface area contributed by atoms with Crippen LogP contribution < -0.4 is 5.32 Å². The minimum Gasteiger partial charge on any atom is -0.449 e. The Balaban J connectivity index is 1.62. The van der Waals surface area contributed by atoms with E-state index in [0.29, 0.717) is 13.2 Å². The van der Waals surface area contributed by atoms with Gasteiger partial charge in [-0.15, -0.1) is 0 Å². The van der Waals surface area contributed by atoms with Gasteiger partial charge in [-0.3, -0.25) is 4.79 Å². The maximum absolute atomic E-state index is 13.1. The highest BCUT2D eigenvalue weighted by Gasteiger charge is 2.27. The zero-order chi connectivity index (χ0) is 22.6. The van der Waals surface area contributed by atoms with Crippen LogP contribution in [0, 0.1) is 5.82 Å². The minimum atomic E-state index is -3.68. The molecule has 1 aliphatic rings. The fourth-order valence-electron chi connectivity index (χ4n) is 2.81. The van der Waals surface area contributed by atoms with Crippen LogP contribution in [0.3, 0.4) is 0 Å². The molecule has 0 radical (unpaired) electrons. The van der Waals surface area contributed by atoms with E-state index >= 15 is 0 Å². The summed E-state index contributed by atoms with van der Waals surface area (Å²) in [6.45, 7) is 2.54. The number of sulfonamides is 1. The van der Waals surface area contributed by atoms with Gasteiger partial charge in [-0.05, 0) is 49.4 Å². The standard InChI is InChI=1S/C20H20ClFN2O6S/c1-13(19(25)23-18-7-4-15(22)12-17(18)21)30-20(26)14-2-5-16(6-3-14)31(27,28)24-8-10-29-11-9-24/h2-7,12-13H,8-11H2,1H3,(H,23,25). The zero-order valence-electron chi connectivity index (χ0n) is 16.5. The van der Waals surface area contributed by atoms with Crippen LogP contribution in [-0.4, -0.2) is 57.0 Å². The van der Waals surface area contributed by atoms with Gasteiger partial charge in [0.05, 0.1) is 34.4 Å². The molecule has 1 unspecified atom stereocenters. The SMILES string of the molecule is CC(OC(=O)c1ccc(S(=O)(=O)N2CCOCC2)cc1)C(=O)Nc1ccc(F)cc1Cl. The number of amides is 1. The third kappa shape index (κ3) is 5.59. The number of nitrogens with zero attached hydrogens (tertiary/aromatic N) is 1. The number of anilines is 1. The van der Waals surface area contributed by atoms with Gasteiger partial charge in [0, 0.05) is 13.1 Å². The largest absolute Gasteiger partial charge is 0.449 e. The van der Waals surface area contributed by atoms with Gasteiger partial charge in [0.25, 0.3) is 5.91 Å². The molecule has 1 heterocycles. The summed E-state index contributed by atoms with van der Waals surface area (Å²) in [7, 11) is -3.68. The van der Waals surface area contributed by atoms with Crippen LogP contribution in [0.2, 0.25) is 5.02 Å². The van der Waals surface area contributed by atoms with Crippen LogP contribution in [0.4, 0.5) is 10.1 Å². The monoisotopic (exact) mass is 470 g/mol. The molecule has 166 valence electrons. The van der Waals surface area contributed by atoms with Gasteiger partial charge in [-0.1, -0.05) is 11.6 Å². The van der Waals surface area contributed by atoms with E-state index in [1.54, 1.807) is 0 Å². The average molecular weight is 471 g/mol. The third-order valence-corrected chi connectivity index (χ3v) is 6.77. The van der Waals surface area contributed by atoms with Crippen molar-refractivity contribution < 1.29 is 31.9 Å². The third-order valence-electron chi connectivity index (χ3n) is 4.54. The van der Waals surface area contributed by atoms with Crippen molar-refractivity contribution in [1.29, 1.82) is 0 Å².